The summed E-state index contributed by atoms with van der Waals surface area (Å²) < 4.78 is 0. The Kier molecular flexibility index (Phi) is 5.35. The minimum absolute atomic E-state index is 0.135. The fraction of sp³-hybridized carbons (Fsp3) is 0. The molecule has 3 aromatic rings. The molecular weight excluding hydrogens is 396 g/mol. The Morgan fingerprint density at radius 2 is 1.55 bits per heavy atom. The van der Waals surface area contributed by atoms with Gasteiger partial charge in [-0.05, 0) is 23.8 Å². The molecule has 2 amide bonds. The van der Waals surface area contributed by atoms with Gasteiger partial charge in [0.25, 0.3) is 17.5 Å². The Balaban J connectivity index is 1.75. The fourth-order valence-electron chi connectivity index (χ4n) is 3.01. The number of hydrazine groups is 1. The number of carbonyl (C=O) groups excluding carboxylic acids is 2. The minimum atomic E-state index is -0.565. The number of nitro benzene ring substituents is 1. The highest BCUT2D eigenvalue weighted by atomic mass is 16.6. The van der Waals surface area contributed by atoms with Crippen LogP contribution in [0.5, 0.6) is 0 Å². The van der Waals surface area contributed by atoms with Gasteiger partial charge in [0.1, 0.15) is 5.70 Å². The number of carbonyl (C=O) groups is 2. The molecule has 1 N–H and O–H groups in total. The molecule has 0 unspecified atom stereocenters. The van der Waals surface area contributed by atoms with Crippen molar-refractivity contribution in [2.45, 2.75) is 0 Å². The number of hydrogen-bond acceptors (Lipinski definition) is 5. The van der Waals surface area contributed by atoms with Crippen molar-refractivity contribution < 1.29 is 14.5 Å². The molecule has 0 fully saturated rings. The van der Waals surface area contributed by atoms with Gasteiger partial charge in [0.2, 0.25) is 0 Å². The monoisotopic (exact) mass is 412 g/mol. The van der Waals surface area contributed by atoms with Gasteiger partial charge in [-0.3, -0.25) is 25.1 Å². The molecule has 0 bridgehead atoms. The maximum absolute atomic E-state index is 13.1. The number of nitrogens with zero attached hydrogens (tertiary/aromatic N) is 3. The first-order valence-corrected chi connectivity index (χ1v) is 9.34. The van der Waals surface area contributed by atoms with Crippen LogP contribution in [0.25, 0.3) is 6.08 Å². The van der Waals surface area contributed by atoms with Crippen LogP contribution in [-0.2, 0) is 4.79 Å². The number of hydrogen-bond donors (Lipinski definition) is 1. The van der Waals surface area contributed by atoms with Crippen LogP contribution in [0.1, 0.15) is 21.5 Å². The normalized spacial score (nSPS) is 14.7. The maximum atomic E-state index is 13.1. The summed E-state index contributed by atoms with van der Waals surface area (Å²) in [7, 11) is 0. The zero-order valence-corrected chi connectivity index (χ0v) is 16.1. The third-order valence-corrected chi connectivity index (χ3v) is 4.55. The van der Waals surface area contributed by atoms with Crippen LogP contribution in [-0.4, -0.2) is 27.6 Å². The minimum Gasteiger partial charge on any atom is -0.267 e. The Hall–Kier alpha value is -4.59. The van der Waals surface area contributed by atoms with Crippen LogP contribution in [0.2, 0.25) is 0 Å². The van der Waals surface area contributed by atoms with Crippen LogP contribution in [0, 0.1) is 10.1 Å². The van der Waals surface area contributed by atoms with Gasteiger partial charge in [0, 0.05) is 23.3 Å². The maximum Gasteiger partial charge on any atom is 0.288 e. The van der Waals surface area contributed by atoms with Crippen molar-refractivity contribution >= 4 is 29.4 Å². The highest BCUT2D eigenvalue weighted by Crippen LogP contribution is 2.19. The molecule has 4 rings (SSSR count). The molecule has 1 aliphatic rings. The van der Waals surface area contributed by atoms with E-state index >= 15 is 0 Å². The van der Waals surface area contributed by atoms with E-state index in [0.29, 0.717) is 5.56 Å². The van der Waals surface area contributed by atoms with Gasteiger partial charge in [0.05, 0.1) is 4.92 Å². The van der Waals surface area contributed by atoms with Crippen LogP contribution < -0.4 is 5.43 Å². The van der Waals surface area contributed by atoms with Crippen LogP contribution >= 0.6 is 0 Å². The predicted octanol–water partition coefficient (Wildman–Crippen LogP) is 3.57. The first-order chi connectivity index (χ1) is 15.0. The molecule has 0 aliphatic carbocycles. The van der Waals surface area contributed by atoms with Gasteiger partial charge < -0.3 is 0 Å². The number of rotatable bonds is 4. The summed E-state index contributed by atoms with van der Waals surface area (Å²) in [5, 5.41) is 11.9. The summed E-state index contributed by atoms with van der Waals surface area (Å²) >= 11 is 0. The topological polar surface area (TPSA) is 105 Å². The Bertz CT molecular complexity index is 1200. The number of aliphatic imine (C=N–C) groups is 1. The molecule has 8 nitrogen and oxygen atoms in total. The van der Waals surface area contributed by atoms with Crippen molar-refractivity contribution in [3.8, 4) is 0 Å². The number of nitrogens with one attached hydrogen (secondary N) is 1. The lowest BCUT2D eigenvalue weighted by molar-refractivity contribution is -0.384. The first-order valence-electron chi connectivity index (χ1n) is 9.34. The van der Waals surface area contributed by atoms with E-state index < -0.39 is 16.7 Å². The van der Waals surface area contributed by atoms with Gasteiger partial charge in [-0.1, -0.05) is 60.7 Å². The average Bonchev–Trinajstić information content (AvgIpc) is 2.81. The SMILES string of the molecule is O=C1NN(C(=O)c2ccc([N+](=O)[O-])cc2)C(c2ccccc2)=N/C1=C/c1ccccc1. The standard InChI is InChI=1S/C23H16N4O4/c28-22-20(15-16-7-3-1-4-8-16)24-21(17-9-5-2-6-10-17)26(25-22)23(29)18-11-13-19(14-12-18)27(30)31/h1-15H,(H,25,28)/b20-15+. The van der Waals surface area contributed by atoms with Crippen molar-refractivity contribution in [2.24, 2.45) is 4.99 Å². The molecule has 1 aliphatic heterocycles. The molecule has 0 aromatic heterocycles. The number of amidine groups is 1. The van der Waals surface area contributed by atoms with Crippen LogP contribution in [0.15, 0.2) is 95.6 Å². The van der Waals surface area contributed by atoms with Gasteiger partial charge in [0.15, 0.2) is 5.84 Å². The Morgan fingerprint density at radius 3 is 2.16 bits per heavy atom. The van der Waals surface area contributed by atoms with E-state index in [1.807, 2.05) is 36.4 Å². The molecule has 0 saturated carbocycles. The second-order valence-electron chi connectivity index (χ2n) is 6.63. The van der Waals surface area contributed by atoms with Gasteiger partial charge in [-0.15, -0.1) is 0 Å². The quantitative estimate of drug-likeness (QED) is 0.402. The molecule has 0 radical (unpaired) electrons. The highest BCUT2D eigenvalue weighted by molar-refractivity contribution is 6.18. The third kappa shape index (κ3) is 4.23. The highest BCUT2D eigenvalue weighted by Gasteiger charge is 2.30. The molecular formula is C23H16N4O4. The summed E-state index contributed by atoms with van der Waals surface area (Å²) in [6.45, 7) is 0. The summed E-state index contributed by atoms with van der Waals surface area (Å²) in [5.41, 5.74) is 4.18. The van der Waals surface area contributed by atoms with E-state index in [9.17, 15) is 19.7 Å². The van der Waals surface area contributed by atoms with E-state index in [4.69, 9.17) is 0 Å². The Morgan fingerprint density at radius 1 is 0.935 bits per heavy atom. The molecule has 8 heteroatoms. The van der Waals surface area contributed by atoms with Crippen molar-refractivity contribution in [2.75, 3.05) is 0 Å². The van der Waals surface area contributed by atoms with E-state index in [-0.39, 0.29) is 22.8 Å². The van der Waals surface area contributed by atoms with E-state index in [1.165, 1.54) is 24.3 Å². The fourth-order valence-corrected chi connectivity index (χ4v) is 3.01. The first kappa shape index (κ1) is 19.7. The lowest BCUT2D eigenvalue weighted by Crippen LogP contribution is -2.53. The zero-order valence-electron chi connectivity index (χ0n) is 16.1. The van der Waals surface area contributed by atoms with Gasteiger partial charge >= 0.3 is 0 Å². The zero-order chi connectivity index (χ0) is 21.8. The van der Waals surface area contributed by atoms with E-state index in [1.54, 1.807) is 30.3 Å². The van der Waals surface area contributed by atoms with E-state index in [0.717, 1.165) is 10.6 Å². The lowest BCUT2D eigenvalue weighted by Gasteiger charge is -2.28. The second kappa shape index (κ2) is 8.42. The summed E-state index contributed by atoms with van der Waals surface area (Å²) in [6.07, 6.45) is 1.63. The van der Waals surface area contributed by atoms with Crippen molar-refractivity contribution in [1.29, 1.82) is 0 Å². The number of benzene rings is 3. The summed E-state index contributed by atoms with van der Waals surface area (Å²) in [5.74, 6) is -0.867. The van der Waals surface area contributed by atoms with Crippen molar-refractivity contribution in [3.05, 3.63) is 117 Å². The van der Waals surface area contributed by atoms with Gasteiger partial charge in [-0.2, -0.15) is 5.01 Å². The van der Waals surface area contributed by atoms with E-state index in [2.05, 4.69) is 10.4 Å². The predicted molar refractivity (Wildman–Crippen MR) is 115 cm³/mol. The average molecular weight is 412 g/mol. The van der Waals surface area contributed by atoms with Crippen molar-refractivity contribution in [3.63, 3.8) is 0 Å². The lowest BCUT2D eigenvalue weighted by atomic mass is 10.1. The molecule has 0 spiro atoms. The van der Waals surface area contributed by atoms with Gasteiger partial charge in [-0.25, -0.2) is 4.99 Å². The molecule has 1 heterocycles. The molecule has 3 aromatic carbocycles. The smallest absolute Gasteiger partial charge is 0.267 e. The van der Waals surface area contributed by atoms with Crippen LogP contribution in [0.3, 0.4) is 0 Å². The Labute approximate surface area is 177 Å². The second-order valence-corrected chi connectivity index (χ2v) is 6.63. The summed E-state index contributed by atoms with van der Waals surface area (Å²) in [6, 6.07) is 23.3. The molecule has 0 atom stereocenters. The summed E-state index contributed by atoms with van der Waals surface area (Å²) in [4.78, 5) is 40.6. The van der Waals surface area contributed by atoms with Crippen LogP contribution in [0.4, 0.5) is 5.69 Å². The number of nitro groups is 1. The molecule has 152 valence electrons. The third-order valence-electron chi connectivity index (χ3n) is 4.55. The number of non-ortho nitro benzene ring substituents is 1. The molecule has 0 saturated heterocycles. The largest absolute Gasteiger partial charge is 0.288 e. The van der Waals surface area contributed by atoms with Crippen molar-refractivity contribution in [1.82, 2.24) is 10.4 Å². The molecule has 31 heavy (non-hydrogen) atoms. The number of amides is 2.